The predicted octanol–water partition coefficient (Wildman–Crippen LogP) is 3.69. The molecular weight excluding hydrogens is 183 g/mol. The van der Waals surface area contributed by atoms with Crippen LogP contribution in [0, 0.1) is 0 Å². The summed E-state index contributed by atoms with van der Waals surface area (Å²) < 4.78 is 5.15. The molecule has 2 rings (SSSR count). The third kappa shape index (κ3) is 1.22. The van der Waals surface area contributed by atoms with Gasteiger partial charge in [0.15, 0.2) is 0 Å². The van der Waals surface area contributed by atoms with Gasteiger partial charge < -0.3 is 4.42 Å². The molecule has 0 aromatic heterocycles. The van der Waals surface area contributed by atoms with E-state index in [0.717, 1.165) is 11.3 Å². The van der Waals surface area contributed by atoms with E-state index in [-0.39, 0.29) is 0 Å². The summed E-state index contributed by atoms with van der Waals surface area (Å²) in [5, 5.41) is 1.26. The SMILES string of the molecule is Clc1coc2cc(Cl)cc-2c1. The quantitative estimate of drug-likeness (QED) is 0.612. The lowest BCUT2D eigenvalue weighted by Crippen LogP contribution is -1.70. The maximum Gasteiger partial charge on any atom is 0.135 e. The molecule has 0 atom stereocenters. The Kier molecular flexibility index (Phi) is 1.55. The standard InChI is InChI=1S/C8H4Cl2O/c9-6-1-5-2-7(10)4-11-8(5)3-6/h1-4H. The van der Waals surface area contributed by atoms with Gasteiger partial charge in [-0.05, 0) is 12.1 Å². The Morgan fingerprint density at radius 2 is 1.73 bits per heavy atom. The van der Waals surface area contributed by atoms with E-state index in [1.807, 2.05) is 12.1 Å². The Morgan fingerprint density at radius 3 is 2.55 bits per heavy atom. The lowest BCUT2D eigenvalue weighted by molar-refractivity contribution is 0.567. The van der Waals surface area contributed by atoms with Gasteiger partial charge in [-0.2, -0.15) is 0 Å². The number of halogens is 2. The van der Waals surface area contributed by atoms with Crippen LogP contribution in [0.4, 0.5) is 0 Å². The van der Waals surface area contributed by atoms with Crippen molar-refractivity contribution in [3.63, 3.8) is 0 Å². The zero-order valence-electron chi connectivity index (χ0n) is 5.47. The fourth-order valence-corrected chi connectivity index (χ4v) is 1.37. The molecule has 1 aliphatic heterocycles. The second-order valence-electron chi connectivity index (χ2n) is 2.26. The molecule has 1 aliphatic carbocycles. The summed E-state index contributed by atoms with van der Waals surface area (Å²) in [6.45, 7) is 0. The molecule has 2 aliphatic rings. The summed E-state index contributed by atoms with van der Waals surface area (Å²) in [5.74, 6) is 0.763. The van der Waals surface area contributed by atoms with Crippen LogP contribution >= 0.6 is 23.2 Å². The van der Waals surface area contributed by atoms with Crippen molar-refractivity contribution in [3.05, 3.63) is 34.5 Å². The van der Waals surface area contributed by atoms with Crippen molar-refractivity contribution in [1.29, 1.82) is 0 Å². The number of fused-ring (bicyclic) bond motifs is 1. The van der Waals surface area contributed by atoms with E-state index in [1.165, 1.54) is 6.26 Å². The van der Waals surface area contributed by atoms with E-state index >= 15 is 0 Å². The molecule has 56 valence electrons. The zero-order chi connectivity index (χ0) is 7.84. The first-order chi connectivity index (χ1) is 5.25. The lowest BCUT2D eigenvalue weighted by atomic mass is 10.3. The van der Waals surface area contributed by atoms with Gasteiger partial charge in [-0.3, -0.25) is 0 Å². The zero-order valence-corrected chi connectivity index (χ0v) is 6.99. The average Bonchev–Trinajstić information content (AvgIpc) is 2.27. The Bertz CT molecular complexity index is 353. The fraction of sp³-hybridized carbons (Fsp3) is 0. The summed E-state index contributed by atoms with van der Waals surface area (Å²) in [4.78, 5) is 0. The smallest absolute Gasteiger partial charge is 0.135 e. The second-order valence-corrected chi connectivity index (χ2v) is 3.13. The van der Waals surface area contributed by atoms with Crippen LogP contribution in [0.5, 0.6) is 0 Å². The van der Waals surface area contributed by atoms with Crippen molar-refractivity contribution < 1.29 is 4.42 Å². The number of hydrogen-bond donors (Lipinski definition) is 0. The van der Waals surface area contributed by atoms with Gasteiger partial charge in [0.1, 0.15) is 12.0 Å². The van der Waals surface area contributed by atoms with Gasteiger partial charge in [0, 0.05) is 16.7 Å². The predicted molar refractivity (Wildman–Crippen MR) is 45.4 cm³/mol. The summed E-state index contributed by atoms with van der Waals surface area (Å²) in [6, 6.07) is 5.38. The normalized spacial score (nSPS) is 10.7. The van der Waals surface area contributed by atoms with Crippen LogP contribution in [0.25, 0.3) is 11.3 Å². The molecule has 0 radical (unpaired) electrons. The van der Waals surface area contributed by atoms with Crippen LogP contribution in [0.15, 0.2) is 28.9 Å². The molecule has 0 unspecified atom stereocenters. The van der Waals surface area contributed by atoms with Crippen molar-refractivity contribution in [2.24, 2.45) is 0 Å². The molecule has 0 spiro atoms. The Labute approximate surface area is 73.9 Å². The molecule has 0 aromatic rings. The van der Waals surface area contributed by atoms with Crippen LogP contribution in [-0.2, 0) is 0 Å². The fourth-order valence-electron chi connectivity index (χ4n) is 0.987. The maximum absolute atomic E-state index is 5.73. The van der Waals surface area contributed by atoms with Gasteiger partial charge in [0.05, 0.1) is 5.02 Å². The minimum Gasteiger partial charge on any atom is -0.463 e. The van der Waals surface area contributed by atoms with E-state index in [1.54, 1.807) is 6.07 Å². The van der Waals surface area contributed by atoms with Crippen molar-refractivity contribution >= 4 is 23.2 Å². The van der Waals surface area contributed by atoms with Crippen molar-refractivity contribution in [1.82, 2.24) is 0 Å². The first-order valence-electron chi connectivity index (χ1n) is 3.09. The molecule has 11 heavy (non-hydrogen) atoms. The van der Waals surface area contributed by atoms with Crippen molar-refractivity contribution in [2.75, 3.05) is 0 Å². The Balaban J connectivity index is 2.73. The van der Waals surface area contributed by atoms with Crippen LogP contribution in [-0.4, -0.2) is 0 Å². The summed E-state index contributed by atoms with van der Waals surface area (Å²) in [5.41, 5.74) is 0.933. The first kappa shape index (κ1) is 7.01. The molecule has 1 heterocycles. The minimum atomic E-state index is 0.583. The number of hydrogen-bond acceptors (Lipinski definition) is 1. The molecule has 0 N–H and O–H groups in total. The summed E-state index contributed by atoms with van der Waals surface area (Å²) in [7, 11) is 0. The molecule has 3 heteroatoms. The third-order valence-corrected chi connectivity index (χ3v) is 1.86. The summed E-state index contributed by atoms with van der Waals surface area (Å²) in [6.07, 6.45) is 1.49. The van der Waals surface area contributed by atoms with Crippen LogP contribution < -0.4 is 0 Å². The van der Waals surface area contributed by atoms with E-state index in [4.69, 9.17) is 27.6 Å². The molecule has 1 nitrogen and oxygen atoms in total. The highest BCUT2D eigenvalue weighted by molar-refractivity contribution is 6.32. The van der Waals surface area contributed by atoms with E-state index in [0.29, 0.717) is 10.0 Å². The van der Waals surface area contributed by atoms with Crippen molar-refractivity contribution in [3.8, 4) is 11.3 Å². The molecular formula is C8H4Cl2O. The Morgan fingerprint density at radius 1 is 1.00 bits per heavy atom. The van der Waals surface area contributed by atoms with Gasteiger partial charge in [0.2, 0.25) is 0 Å². The second kappa shape index (κ2) is 2.43. The van der Waals surface area contributed by atoms with E-state index in [9.17, 15) is 0 Å². The van der Waals surface area contributed by atoms with E-state index in [2.05, 4.69) is 0 Å². The monoisotopic (exact) mass is 186 g/mol. The number of rotatable bonds is 0. The molecule has 0 saturated carbocycles. The topological polar surface area (TPSA) is 13.1 Å². The highest BCUT2D eigenvalue weighted by Crippen LogP contribution is 2.30. The van der Waals surface area contributed by atoms with Crippen LogP contribution in [0.3, 0.4) is 0 Å². The van der Waals surface area contributed by atoms with Crippen LogP contribution in [0.2, 0.25) is 10.0 Å². The maximum atomic E-state index is 5.73. The first-order valence-corrected chi connectivity index (χ1v) is 3.84. The van der Waals surface area contributed by atoms with Crippen LogP contribution in [0.1, 0.15) is 0 Å². The van der Waals surface area contributed by atoms with Gasteiger partial charge in [-0.1, -0.05) is 23.2 Å². The molecule has 0 aromatic carbocycles. The summed E-state index contributed by atoms with van der Waals surface area (Å²) >= 11 is 11.4. The third-order valence-electron chi connectivity index (χ3n) is 1.44. The van der Waals surface area contributed by atoms with Gasteiger partial charge in [-0.25, -0.2) is 0 Å². The molecule has 0 bridgehead atoms. The molecule has 0 saturated heterocycles. The lowest BCUT2D eigenvalue weighted by Gasteiger charge is -1.95. The highest BCUT2D eigenvalue weighted by Gasteiger charge is 2.07. The average molecular weight is 187 g/mol. The largest absolute Gasteiger partial charge is 0.463 e. The Hall–Kier alpha value is -0.660. The minimum absolute atomic E-state index is 0.583. The van der Waals surface area contributed by atoms with Gasteiger partial charge >= 0.3 is 0 Å². The van der Waals surface area contributed by atoms with E-state index < -0.39 is 0 Å². The molecule has 0 amide bonds. The molecule has 0 fully saturated rings. The highest BCUT2D eigenvalue weighted by atomic mass is 35.5. The van der Waals surface area contributed by atoms with Crippen molar-refractivity contribution in [2.45, 2.75) is 0 Å². The van der Waals surface area contributed by atoms with Gasteiger partial charge in [-0.15, -0.1) is 0 Å². The van der Waals surface area contributed by atoms with Gasteiger partial charge in [0.25, 0.3) is 0 Å².